The number of nitrogens with zero attached hydrogens (tertiary/aromatic N) is 1. The summed E-state index contributed by atoms with van der Waals surface area (Å²) < 4.78 is 33.8. The minimum atomic E-state index is -3.67. The Labute approximate surface area is 203 Å². The van der Waals surface area contributed by atoms with Crippen LogP contribution in [0.25, 0.3) is 0 Å². The van der Waals surface area contributed by atoms with Gasteiger partial charge >= 0.3 is 0 Å². The molecule has 0 bridgehead atoms. The van der Waals surface area contributed by atoms with Crippen LogP contribution >= 0.6 is 0 Å². The van der Waals surface area contributed by atoms with Gasteiger partial charge in [-0.15, -0.1) is 0 Å². The van der Waals surface area contributed by atoms with Crippen LogP contribution in [0.3, 0.4) is 0 Å². The van der Waals surface area contributed by atoms with E-state index in [1.54, 1.807) is 13.8 Å². The summed E-state index contributed by atoms with van der Waals surface area (Å²) in [6.45, 7) is 12.9. The number of sulfonamides is 1. The molecule has 34 heavy (non-hydrogen) atoms. The van der Waals surface area contributed by atoms with Gasteiger partial charge in [0.05, 0.1) is 17.1 Å². The molecule has 0 radical (unpaired) electrons. The topological polar surface area (TPSA) is 87.7 Å². The number of aryl methyl sites for hydroxylation is 3. The number of rotatable bonds is 9. The van der Waals surface area contributed by atoms with Crippen LogP contribution in [0.2, 0.25) is 0 Å². The summed E-state index contributed by atoms with van der Waals surface area (Å²) in [5.41, 5.74) is 4.66. The number of ether oxygens (including phenoxy) is 1. The third-order valence-corrected chi connectivity index (χ3v) is 7.70. The lowest BCUT2D eigenvalue weighted by atomic mass is 10.1. The van der Waals surface area contributed by atoms with Gasteiger partial charge in [0.15, 0.2) is 0 Å². The molecule has 1 aliphatic rings. The quantitative estimate of drug-likeness (QED) is 0.567. The van der Waals surface area contributed by atoms with Crippen molar-refractivity contribution in [3.8, 4) is 0 Å². The normalized spacial score (nSPS) is 19.2. The van der Waals surface area contributed by atoms with Crippen molar-refractivity contribution >= 4 is 15.9 Å². The van der Waals surface area contributed by atoms with Gasteiger partial charge in [0.2, 0.25) is 15.9 Å². The van der Waals surface area contributed by atoms with E-state index < -0.39 is 10.0 Å². The molecule has 1 saturated heterocycles. The van der Waals surface area contributed by atoms with E-state index in [2.05, 4.69) is 40.9 Å². The Morgan fingerprint density at radius 2 is 1.56 bits per heavy atom. The number of carbonyl (C=O) groups is 1. The van der Waals surface area contributed by atoms with Gasteiger partial charge in [-0.3, -0.25) is 9.69 Å². The second kappa shape index (κ2) is 11.4. The Hall–Kier alpha value is -2.26. The van der Waals surface area contributed by atoms with E-state index >= 15 is 0 Å². The Morgan fingerprint density at radius 3 is 2.15 bits per heavy atom. The standard InChI is InChI=1S/C26H37N3O4S/c1-18-12-19(2)26(20(3)13-18)34(31,32)28-11-10-25(30)27-14-23-6-8-24(9-7-23)17-29-15-21(4)33-22(5)16-29/h6-9,12-13,21-22,28H,10-11,14-17H2,1-5H3,(H,27,30). The first-order valence-corrected chi connectivity index (χ1v) is 13.3. The summed E-state index contributed by atoms with van der Waals surface area (Å²) in [7, 11) is -3.67. The molecule has 7 nitrogen and oxygen atoms in total. The summed E-state index contributed by atoms with van der Waals surface area (Å²) >= 11 is 0. The smallest absolute Gasteiger partial charge is 0.241 e. The van der Waals surface area contributed by atoms with Crippen molar-refractivity contribution in [3.63, 3.8) is 0 Å². The van der Waals surface area contributed by atoms with Crippen LogP contribution in [-0.4, -0.2) is 51.1 Å². The summed E-state index contributed by atoms with van der Waals surface area (Å²) in [6.07, 6.45) is 0.564. The summed E-state index contributed by atoms with van der Waals surface area (Å²) in [5, 5.41) is 2.87. The first kappa shape index (κ1) is 26.3. The van der Waals surface area contributed by atoms with Crippen LogP contribution in [0.15, 0.2) is 41.3 Å². The molecule has 2 unspecified atom stereocenters. The fourth-order valence-electron chi connectivity index (χ4n) is 4.69. The summed E-state index contributed by atoms with van der Waals surface area (Å²) in [4.78, 5) is 14.9. The number of hydrogen-bond donors (Lipinski definition) is 2. The second-order valence-corrected chi connectivity index (χ2v) is 11.1. The molecule has 8 heteroatoms. The summed E-state index contributed by atoms with van der Waals surface area (Å²) in [6, 6.07) is 11.9. The summed E-state index contributed by atoms with van der Waals surface area (Å²) in [5.74, 6) is -0.194. The van der Waals surface area contributed by atoms with Crippen LogP contribution in [0.4, 0.5) is 0 Å². The average Bonchev–Trinajstić information content (AvgIpc) is 2.71. The van der Waals surface area contributed by atoms with Crippen molar-refractivity contribution in [2.45, 2.75) is 71.2 Å². The minimum absolute atomic E-state index is 0.0518. The van der Waals surface area contributed by atoms with E-state index in [0.29, 0.717) is 22.6 Å². The molecule has 2 atom stereocenters. The zero-order chi connectivity index (χ0) is 24.9. The number of carbonyl (C=O) groups excluding carboxylic acids is 1. The SMILES string of the molecule is Cc1cc(C)c(S(=O)(=O)NCCC(=O)NCc2ccc(CN3CC(C)OC(C)C3)cc2)c(C)c1. The maximum atomic E-state index is 12.7. The molecule has 186 valence electrons. The van der Waals surface area contributed by atoms with Gasteiger partial charge in [-0.25, -0.2) is 13.1 Å². The van der Waals surface area contributed by atoms with Crippen molar-refractivity contribution in [2.24, 2.45) is 0 Å². The minimum Gasteiger partial charge on any atom is -0.373 e. The van der Waals surface area contributed by atoms with Crippen LogP contribution in [0, 0.1) is 20.8 Å². The van der Waals surface area contributed by atoms with Crippen LogP contribution < -0.4 is 10.0 Å². The lowest BCUT2D eigenvalue weighted by Gasteiger charge is -2.35. The maximum Gasteiger partial charge on any atom is 0.241 e. The van der Waals surface area contributed by atoms with E-state index in [0.717, 1.165) is 30.8 Å². The molecule has 2 aromatic carbocycles. The van der Waals surface area contributed by atoms with Crippen molar-refractivity contribution in [1.82, 2.24) is 14.9 Å². The van der Waals surface area contributed by atoms with E-state index in [1.807, 2.05) is 31.2 Å². The van der Waals surface area contributed by atoms with Crippen LogP contribution in [-0.2, 0) is 32.6 Å². The third-order valence-electron chi connectivity index (χ3n) is 5.93. The van der Waals surface area contributed by atoms with Gasteiger partial charge in [0.25, 0.3) is 0 Å². The largest absolute Gasteiger partial charge is 0.373 e. The number of benzene rings is 2. The number of nitrogens with one attached hydrogen (secondary N) is 2. The van der Waals surface area contributed by atoms with Crippen molar-refractivity contribution in [3.05, 3.63) is 64.2 Å². The first-order chi connectivity index (χ1) is 16.0. The molecule has 0 aliphatic carbocycles. The molecule has 1 aliphatic heterocycles. The molecule has 2 aromatic rings. The Morgan fingerprint density at radius 1 is 1.00 bits per heavy atom. The third kappa shape index (κ3) is 7.37. The fraction of sp³-hybridized carbons (Fsp3) is 0.500. The van der Waals surface area contributed by atoms with Gasteiger partial charge in [0, 0.05) is 39.1 Å². The predicted octanol–water partition coefficient (Wildman–Crippen LogP) is 3.21. The molecule has 0 aromatic heterocycles. The van der Waals surface area contributed by atoms with Gasteiger partial charge in [0.1, 0.15) is 0 Å². The Balaban J connectivity index is 1.44. The van der Waals surface area contributed by atoms with E-state index in [9.17, 15) is 13.2 Å². The highest BCUT2D eigenvalue weighted by Gasteiger charge is 2.22. The number of hydrogen-bond acceptors (Lipinski definition) is 5. The molecule has 2 N–H and O–H groups in total. The van der Waals surface area contributed by atoms with Gasteiger partial charge in [-0.05, 0) is 56.9 Å². The zero-order valence-corrected chi connectivity index (χ0v) is 21.7. The van der Waals surface area contributed by atoms with Gasteiger partial charge in [-0.2, -0.15) is 0 Å². The van der Waals surface area contributed by atoms with Gasteiger partial charge < -0.3 is 10.1 Å². The lowest BCUT2D eigenvalue weighted by Crippen LogP contribution is -2.44. The molecule has 1 heterocycles. The Kier molecular flexibility index (Phi) is 8.87. The van der Waals surface area contributed by atoms with Crippen LogP contribution in [0.5, 0.6) is 0 Å². The first-order valence-electron chi connectivity index (χ1n) is 11.8. The molecular formula is C26H37N3O4S. The van der Waals surface area contributed by atoms with E-state index in [4.69, 9.17) is 4.74 Å². The monoisotopic (exact) mass is 487 g/mol. The highest BCUT2D eigenvalue weighted by Crippen LogP contribution is 2.21. The predicted molar refractivity (Wildman–Crippen MR) is 134 cm³/mol. The van der Waals surface area contributed by atoms with Crippen LogP contribution in [0.1, 0.15) is 48.1 Å². The average molecular weight is 488 g/mol. The van der Waals surface area contributed by atoms with Gasteiger partial charge in [-0.1, -0.05) is 42.0 Å². The van der Waals surface area contributed by atoms with Crippen molar-refractivity contribution < 1.29 is 17.9 Å². The van der Waals surface area contributed by atoms with Crippen molar-refractivity contribution in [1.29, 1.82) is 0 Å². The molecule has 1 fully saturated rings. The highest BCUT2D eigenvalue weighted by molar-refractivity contribution is 7.89. The second-order valence-electron chi connectivity index (χ2n) is 9.42. The molecular weight excluding hydrogens is 450 g/mol. The molecule has 0 spiro atoms. The Bertz CT molecular complexity index is 1070. The maximum absolute atomic E-state index is 12.7. The lowest BCUT2D eigenvalue weighted by molar-refractivity contribution is -0.121. The van der Waals surface area contributed by atoms with E-state index in [1.165, 1.54) is 5.56 Å². The molecule has 3 rings (SSSR count). The highest BCUT2D eigenvalue weighted by atomic mass is 32.2. The zero-order valence-electron chi connectivity index (χ0n) is 20.8. The van der Waals surface area contributed by atoms with Crippen molar-refractivity contribution in [2.75, 3.05) is 19.6 Å². The molecule has 1 amide bonds. The fourth-order valence-corrected chi connectivity index (χ4v) is 6.17. The van der Waals surface area contributed by atoms with E-state index in [-0.39, 0.29) is 31.1 Å². The number of morpholine rings is 1. The molecule has 0 saturated carbocycles. The number of amides is 1.